The highest BCUT2D eigenvalue weighted by molar-refractivity contribution is 5.35. The number of aliphatic hydroxyl groups excluding tert-OH is 1. The van der Waals surface area contributed by atoms with Gasteiger partial charge in [-0.2, -0.15) is 5.10 Å². The van der Waals surface area contributed by atoms with E-state index in [4.69, 9.17) is 5.10 Å². The number of nitrogens with zero attached hydrogens (tertiary/aromatic N) is 3. The van der Waals surface area contributed by atoms with Gasteiger partial charge in [-0.1, -0.05) is 20.8 Å². The molecule has 3 rings (SSSR count). The third-order valence-corrected chi connectivity index (χ3v) is 4.75. The van der Waals surface area contributed by atoms with E-state index in [1.807, 2.05) is 0 Å². The molecule has 2 aromatic heterocycles. The van der Waals surface area contributed by atoms with Gasteiger partial charge in [-0.25, -0.2) is 0 Å². The smallest absolute Gasteiger partial charge is 0.159 e. The Bertz CT molecular complexity index is 656. The molecule has 120 valence electrons. The molecule has 1 saturated carbocycles. The Morgan fingerprint density at radius 3 is 2.27 bits per heavy atom. The van der Waals surface area contributed by atoms with Gasteiger partial charge in [0.1, 0.15) is 0 Å². The van der Waals surface area contributed by atoms with E-state index in [0.717, 1.165) is 25.1 Å². The standard InChI is InChI=1S/C18H27N3O/c1-12-9-10-13(2)20(12)17-11-16(18(3,4)5)21(19-17)14-7-6-8-15(14)22/h9-11,14-15,22H,6-8H2,1-5H3/t14?,15-/m1/s1. The molecule has 2 aromatic rings. The van der Waals surface area contributed by atoms with E-state index in [1.165, 1.54) is 17.1 Å². The maximum atomic E-state index is 10.3. The number of aryl methyl sites for hydroxylation is 2. The molecule has 1 unspecified atom stereocenters. The molecule has 1 N–H and O–H groups in total. The lowest BCUT2D eigenvalue weighted by Gasteiger charge is -2.25. The maximum absolute atomic E-state index is 10.3. The fourth-order valence-corrected chi connectivity index (χ4v) is 3.54. The Morgan fingerprint density at radius 1 is 1.14 bits per heavy atom. The van der Waals surface area contributed by atoms with Crippen molar-refractivity contribution in [2.75, 3.05) is 0 Å². The average molecular weight is 301 g/mol. The fraction of sp³-hybridized carbons (Fsp3) is 0.611. The zero-order valence-electron chi connectivity index (χ0n) is 14.3. The van der Waals surface area contributed by atoms with Crippen LogP contribution in [-0.2, 0) is 5.41 Å². The first-order valence-corrected chi connectivity index (χ1v) is 8.22. The van der Waals surface area contributed by atoms with E-state index in [0.29, 0.717) is 0 Å². The molecule has 1 aliphatic carbocycles. The largest absolute Gasteiger partial charge is 0.391 e. The third kappa shape index (κ3) is 2.50. The molecule has 2 atom stereocenters. The molecule has 0 aromatic carbocycles. The van der Waals surface area contributed by atoms with E-state index in [1.54, 1.807) is 0 Å². The molecule has 1 aliphatic rings. The quantitative estimate of drug-likeness (QED) is 0.919. The highest BCUT2D eigenvalue weighted by Crippen LogP contribution is 2.35. The molecule has 0 bridgehead atoms. The molecule has 2 heterocycles. The molecule has 0 saturated heterocycles. The number of rotatable bonds is 2. The average Bonchev–Trinajstić information content (AvgIpc) is 3.08. The molecule has 4 nitrogen and oxygen atoms in total. The summed E-state index contributed by atoms with van der Waals surface area (Å²) in [6, 6.07) is 6.54. The second kappa shape index (κ2) is 5.27. The molecule has 0 amide bonds. The van der Waals surface area contributed by atoms with Crippen molar-refractivity contribution >= 4 is 0 Å². The summed E-state index contributed by atoms with van der Waals surface area (Å²) in [5.41, 5.74) is 3.58. The van der Waals surface area contributed by atoms with Crippen molar-refractivity contribution in [3.05, 3.63) is 35.3 Å². The summed E-state index contributed by atoms with van der Waals surface area (Å²) in [6.07, 6.45) is 2.69. The van der Waals surface area contributed by atoms with Crippen LogP contribution in [0.3, 0.4) is 0 Å². The number of hydrogen-bond acceptors (Lipinski definition) is 2. The highest BCUT2D eigenvalue weighted by atomic mass is 16.3. The Labute approximate surface area is 132 Å². The van der Waals surface area contributed by atoms with Crippen molar-refractivity contribution in [3.8, 4) is 5.82 Å². The molecule has 22 heavy (non-hydrogen) atoms. The molecule has 4 heteroatoms. The Kier molecular flexibility index (Phi) is 3.68. The lowest BCUT2D eigenvalue weighted by Crippen LogP contribution is -2.26. The van der Waals surface area contributed by atoms with Crippen LogP contribution < -0.4 is 0 Å². The molecular formula is C18H27N3O. The number of aliphatic hydroxyl groups is 1. The summed E-state index contributed by atoms with van der Waals surface area (Å²) in [4.78, 5) is 0. The van der Waals surface area contributed by atoms with E-state index in [2.05, 4.69) is 62.1 Å². The van der Waals surface area contributed by atoms with Gasteiger partial charge in [0.05, 0.1) is 12.1 Å². The lowest BCUT2D eigenvalue weighted by molar-refractivity contribution is 0.127. The minimum atomic E-state index is -0.277. The molecular weight excluding hydrogens is 274 g/mol. The first-order valence-electron chi connectivity index (χ1n) is 8.22. The minimum absolute atomic E-state index is 0.00250. The van der Waals surface area contributed by atoms with Crippen LogP contribution in [0.1, 0.15) is 63.2 Å². The highest BCUT2D eigenvalue weighted by Gasteiger charge is 2.32. The van der Waals surface area contributed by atoms with Crippen LogP contribution in [0.25, 0.3) is 5.82 Å². The maximum Gasteiger partial charge on any atom is 0.159 e. The van der Waals surface area contributed by atoms with Crippen LogP contribution in [0, 0.1) is 13.8 Å². The predicted molar refractivity (Wildman–Crippen MR) is 88.6 cm³/mol. The fourth-order valence-electron chi connectivity index (χ4n) is 3.54. The van der Waals surface area contributed by atoms with Crippen molar-refractivity contribution in [1.82, 2.24) is 14.3 Å². The van der Waals surface area contributed by atoms with E-state index < -0.39 is 0 Å². The van der Waals surface area contributed by atoms with Gasteiger partial charge in [0.25, 0.3) is 0 Å². The van der Waals surface area contributed by atoms with Gasteiger partial charge in [-0.15, -0.1) is 0 Å². The second-order valence-electron chi connectivity index (χ2n) is 7.60. The number of hydrogen-bond donors (Lipinski definition) is 1. The molecule has 1 fully saturated rings. The van der Waals surface area contributed by atoms with Crippen molar-refractivity contribution < 1.29 is 5.11 Å². The molecule has 0 aliphatic heterocycles. The molecule has 0 spiro atoms. The normalized spacial score (nSPS) is 22.5. The van der Waals surface area contributed by atoms with Gasteiger partial charge in [0.15, 0.2) is 5.82 Å². The Morgan fingerprint density at radius 2 is 1.77 bits per heavy atom. The summed E-state index contributed by atoms with van der Waals surface area (Å²) in [5, 5.41) is 15.2. The monoisotopic (exact) mass is 301 g/mol. The zero-order valence-corrected chi connectivity index (χ0v) is 14.3. The second-order valence-corrected chi connectivity index (χ2v) is 7.60. The summed E-state index contributed by atoms with van der Waals surface area (Å²) in [5.74, 6) is 0.962. The predicted octanol–water partition coefficient (Wildman–Crippen LogP) is 3.67. The SMILES string of the molecule is Cc1ccc(C)n1-c1cc(C(C)(C)C)n(C2CCC[C@H]2O)n1. The zero-order chi connectivity index (χ0) is 16.1. The number of aromatic nitrogens is 3. The van der Waals surface area contributed by atoms with Crippen LogP contribution in [0.4, 0.5) is 0 Å². The van der Waals surface area contributed by atoms with E-state index in [-0.39, 0.29) is 17.6 Å². The lowest BCUT2D eigenvalue weighted by atomic mass is 9.91. The summed E-state index contributed by atoms with van der Waals surface area (Å²) < 4.78 is 4.28. The Hall–Kier alpha value is -1.55. The van der Waals surface area contributed by atoms with Crippen molar-refractivity contribution in [1.29, 1.82) is 0 Å². The van der Waals surface area contributed by atoms with E-state index in [9.17, 15) is 5.11 Å². The van der Waals surface area contributed by atoms with Crippen LogP contribution in [0.5, 0.6) is 0 Å². The van der Waals surface area contributed by atoms with Gasteiger partial charge in [-0.3, -0.25) is 4.68 Å². The van der Waals surface area contributed by atoms with E-state index >= 15 is 0 Å². The van der Waals surface area contributed by atoms with Gasteiger partial charge >= 0.3 is 0 Å². The van der Waals surface area contributed by atoms with Crippen molar-refractivity contribution in [3.63, 3.8) is 0 Å². The topological polar surface area (TPSA) is 43.0 Å². The van der Waals surface area contributed by atoms with Gasteiger partial charge < -0.3 is 9.67 Å². The first kappa shape index (κ1) is 15.3. The third-order valence-electron chi connectivity index (χ3n) is 4.75. The van der Waals surface area contributed by atoms with Crippen molar-refractivity contribution in [2.45, 2.75) is 71.4 Å². The molecule has 0 radical (unpaired) electrons. The minimum Gasteiger partial charge on any atom is -0.391 e. The first-order chi connectivity index (χ1) is 10.3. The van der Waals surface area contributed by atoms with Crippen LogP contribution in [0.2, 0.25) is 0 Å². The van der Waals surface area contributed by atoms with Crippen molar-refractivity contribution in [2.24, 2.45) is 0 Å². The Balaban J connectivity index is 2.13. The summed E-state index contributed by atoms with van der Waals surface area (Å²) in [6.45, 7) is 10.8. The van der Waals surface area contributed by atoms with Crippen LogP contribution in [0.15, 0.2) is 18.2 Å². The van der Waals surface area contributed by atoms with Crippen LogP contribution in [-0.4, -0.2) is 25.6 Å². The summed E-state index contributed by atoms with van der Waals surface area (Å²) >= 11 is 0. The van der Waals surface area contributed by atoms with Gasteiger partial charge in [-0.05, 0) is 45.2 Å². The summed E-state index contributed by atoms with van der Waals surface area (Å²) in [7, 11) is 0. The van der Waals surface area contributed by atoms with Crippen LogP contribution >= 0.6 is 0 Å². The van der Waals surface area contributed by atoms with Gasteiger partial charge in [0, 0.05) is 28.6 Å². The van der Waals surface area contributed by atoms with Gasteiger partial charge in [0.2, 0.25) is 0 Å².